The molecule has 6 nitrogen and oxygen atoms in total. The lowest BCUT2D eigenvalue weighted by Crippen LogP contribution is -2.34. The highest BCUT2D eigenvalue weighted by Gasteiger charge is 2.21. The highest BCUT2D eigenvalue weighted by atomic mass is 16.2. The van der Waals surface area contributed by atoms with Crippen molar-refractivity contribution in [3.05, 3.63) is 20.8 Å². The summed E-state index contributed by atoms with van der Waals surface area (Å²) in [5.41, 5.74) is 5.32. The molecule has 1 aliphatic carbocycles. The number of nitrogens with two attached hydrogens (primary N) is 1. The SMILES string of the molecule is CCn1c(N)c(NCC2CCC(C)C2)c(=O)[nH]c1=O. The van der Waals surface area contributed by atoms with Gasteiger partial charge in [-0.3, -0.25) is 14.3 Å². The summed E-state index contributed by atoms with van der Waals surface area (Å²) in [4.78, 5) is 25.6. The minimum atomic E-state index is -0.454. The van der Waals surface area contributed by atoms with E-state index in [0.717, 1.165) is 12.5 Å². The summed E-state index contributed by atoms with van der Waals surface area (Å²) in [5, 5.41) is 3.12. The van der Waals surface area contributed by atoms with Crippen molar-refractivity contribution < 1.29 is 0 Å². The lowest BCUT2D eigenvalue weighted by Gasteiger charge is -2.15. The van der Waals surface area contributed by atoms with Gasteiger partial charge in [0.05, 0.1) is 0 Å². The van der Waals surface area contributed by atoms with Gasteiger partial charge in [0.2, 0.25) is 0 Å². The van der Waals surface area contributed by atoms with Crippen LogP contribution in [0.1, 0.15) is 33.1 Å². The molecule has 1 fully saturated rings. The zero-order valence-electron chi connectivity index (χ0n) is 11.5. The van der Waals surface area contributed by atoms with E-state index in [9.17, 15) is 9.59 Å². The Morgan fingerprint density at radius 1 is 1.42 bits per heavy atom. The van der Waals surface area contributed by atoms with Gasteiger partial charge in [-0.15, -0.1) is 0 Å². The molecule has 1 aromatic rings. The topological polar surface area (TPSA) is 92.9 Å². The molecule has 2 rings (SSSR count). The third-order valence-corrected chi connectivity index (χ3v) is 3.93. The Balaban J connectivity index is 2.16. The van der Waals surface area contributed by atoms with Crippen LogP contribution in [0.4, 0.5) is 11.5 Å². The van der Waals surface area contributed by atoms with Crippen molar-refractivity contribution in [1.82, 2.24) is 9.55 Å². The summed E-state index contributed by atoms with van der Waals surface area (Å²) in [6, 6.07) is 0. The van der Waals surface area contributed by atoms with E-state index >= 15 is 0 Å². The molecule has 1 heterocycles. The lowest BCUT2D eigenvalue weighted by atomic mass is 10.1. The van der Waals surface area contributed by atoms with Crippen molar-refractivity contribution in [3.8, 4) is 0 Å². The fourth-order valence-electron chi connectivity index (χ4n) is 2.83. The molecule has 106 valence electrons. The van der Waals surface area contributed by atoms with E-state index in [4.69, 9.17) is 5.73 Å². The van der Waals surface area contributed by atoms with Gasteiger partial charge in [-0.1, -0.05) is 13.3 Å². The molecule has 1 aliphatic rings. The summed E-state index contributed by atoms with van der Waals surface area (Å²) >= 11 is 0. The molecule has 6 heteroatoms. The van der Waals surface area contributed by atoms with Crippen molar-refractivity contribution in [1.29, 1.82) is 0 Å². The Hall–Kier alpha value is -1.72. The minimum absolute atomic E-state index is 0.224. The molecule has 1 aromatic heterocycles. The van der Waals surface area contributed by atoms with Crippen LogP contribution in [0.5, 0.6) is 0 Å². The molecule has 0 saturated heterocycles. The van der Waals surface area contributed by atoms with Crippen molar-refractivity contribution in [2.45, 2.75) is 39.7 Å². The summed E-state index contributed by atoms with van der Waals surface area (Å²) in [6.07, 6.45) is 3.60. The van der Waals surface area contributed by atoms with Gasteiger partial charge >= 0.3 is 5.69 Å². The number of H-pyrrole nitrogens is 1. The van der Waals surface area contributed by atoms with E-state index in [0.29, 0.717) is 18.2 Å². The molecular formula is C13H22N4O2. The third-order valence-electron chi connectivity index (χ3n) is 3.93. The van der Waals surface area contributed by atoms with Gasteiger partial charge in [-0.05, 0) is 31.6 Å². The molecule has 0 radical (unpaired) electrons. The van der Waals surface area contributed by atoms with Gasteiger partial charge in [0.25, 0.3) is 5.56 Å². The summed E-state index contributed by atoms with van der Waals surface area (Å²) in [5.74, 6) is 1.56. The second-order valence-corrected chi connectivity index (χ2v) is 5.43. The van der Waals surface area contributed by atoms with Crippen molar-refractivity contribution >= 4 is 11.5 Å². The number of nitrogens with one attached hydrogen (secondary N) is 2. The summed E-state index contributed by atoms with van der Waals surface area (Å²) < 4.78 is 1.36. The Bertz CT molecular complexity index is 561. The molecule has 2 unspecified atom stereocenters. The molecule has 0 bridgehead atoms. The Morgan fingerprint density at radius 3 is 2.74 bits per heavy atom. The molecule has 1 saturated carbocycles. The molecule has 0 spiro atoms. The van der Waals surface area contributed by atoms with Crippen LogP contribution in [0.25, 0.3) is 0 Å². The predicted molar refractivity (Wildman–Crippen MR) is 76.4 cm³/mol. The zero-order chi connectivity index (χ0) is 14.0. The smallest absolute Gasteiger partial charge is 0.330 e. The van der Waals surface area contributed by atoms with Crippen LogP contribution in [0, 0.1) is 11.8 Å². The number of aromatic nitrogens is 2. The maximum absolute atomic E-state index is 11.8. The lowest BCUT2D eigenvalue weighted by molar-refractivity contribution is 0.536. The van der Waals surface area contributed by atoms with E-state index in [-0.39, 0.29) is 5.82 Å². The van der Waals surface area contributed by atoms with Gasteiger partial charge in [0, 0.05) is 13.1 Å². The Kier molecular flexibility index (Phi) is 3.97. The van der Waals surface area contributed by atoms with Crippen LogP contribution in [0.2, 0.25) is 0 Å². The highest BCUT2D eigenvalue weighted by Crippen LogP contribution is 2.30. The van der Waals surface area contributed by atoms with Gasteiger partial charge in [0.1, 0.15) is 11.5 Å². The first-order chi connectivity index (χ1) is 9.02. The average molecular weight is 266 g/mol. The molecule has 0 aliphatic heterocycles. The molecule has 2 atom stereocenters. The van der Waals surface area contributed by atoms with E-state index in [1.165, 1.54) is 23.8 Å². The zero-order valence-corrected chi connectivity index (χ0v) is 11.5. The molecule has 0 amide bonds. The Labute approximate surface area is 112 Å². The standard InChI is InChI=1S/C13H22N4O2/c1-3-17-11(14)10(12(18)16-13(17)19)15-7-9-5-4-8(2)6-9/h8-9,15H,3-7,14H2,1-2H3,(H,16,18,19). The van der Waals surface area contributed by atoms with Crippen LogP contribution in [-0.2, 0) is 6.54 Å². The van der Waals surface area contributed by atoms with Crippen molar-refractivity contribution in [2.75, 3.05) is 17.6 Å². The largest absolute Gasteiger partial charge is 0.383 e. The van der Waals surface area contributed by atoms with Crippen LogP contribution >= 0.6 is 0 Å². The molecule has 4 N–H and O–H groups in total. The van der Waals surface area contributed by atoms with E-state index in [2.05, 4.69) is 17.2 Å². The number of anilines is 2. The molecule has 19 heavy (non-hydrogen) atoms. The van der Waals surface area contributed by atoms with Crippen molar-refractivity contribution in [2.24, 2.45) is 11.8 Å². The van der Waals surface area contributed by atoms with Crippen LogP contribution < -0.4 is 22.3 Å². The fraction of sp³-hybridized carbons (Fsp3) is 0.692. The first-order valence-corrected chi connectivity index (χ1v) is 6.89. The van der Waals surface area contributed by atoms with Crippen molar-refractivity contribution in [3.63, 3.8) is 0 Å². The Morgan fingerprint density at radius 2 is 2.16 bits per heavy atom. The fourth-order valence-corrected chi connectivity index (χ4v) is 2.83. The summed E-state index contributed by atoms with van der Waals surface area (Å²) in [6.45, 7) is 5.24. The highest BCUT2D eigenvalue weighted by molar-refractivity contribution is 5.60. The van der Waals surface area contributed by atoms with Gasteiger partial charge in [-0.25, -0.2) is 4.79 Å². The quantitative estimate of drug-likeness (QED) is 0.757. The molecule has 0 aromatic carbocycles. The van der Waals surface area contributed by atoms with E-state index in [1.807, 2.05) is 6.92 Å². The first kappa shape index (κ1) is 13.7. The van der Waals surface area contributed by atoms with Gasteiger partial charge in [0.15, 0.2) is 0 Å². The maximum Gasteiger partial charge on any atom is 0.330 e. The van der Waals surface area contributed by atoms with Gasteiger partial charge < -0.3 is 11.1 Å². The number of hydrogen-bond acceptors (Lipinski definition) is 4. The minimum Gasteiger partial charge on any atom is -0.383 e. The average Bonchev–Trinajstić information content (AvgIpc) is 2.75. The third kappa shape index (κ3) is 2.83. The monoisotopic (exact) mass is 266 g/mol. The van der Waals surface area contributed by atoms with E-state index < -0.39 is 11.2 Å². The van der Waals surface area contributed by atoms with Crippen LogP contribution in [0.3, 0.4) is 0 Å². The second-order valence-electron chi connectivity index (χ2n) is 5.43. The second kappa shape index (κ2) is 5.50. The van der Waals surface area contributed by atoms with Crippen LogP contribution in [0.15, 0.2) is 9.59 Å². The summed E-state index contributed by atoms with van der Waals surface area (Å²) in [7, 11) is 0. The predicted octanol–water partition coefficient (Wildman–Crippen LogP) is 0.987. The number of aromatic amines is 1. The normalized spacial score (nSPS) is 22.6. The number of rotatable bonds is 4. The first-order valence-electron chi connectivity index (χ1n) is 6.89. The van der Waals surface area contributed by atoms with Gasteiger partial charge in [-0.2, -0.15) is 0 Å². The van der Waals surface area contributed by atoms with E-state index in [1.54, 1.807) is 0 Å². The maximum atomic E-state index is 11.8. The molecular weight excluding hydrogens is 244 g/mol. The number of nitrogen functional groups attached to an aromatic ring is 1. The number of nitrogens with zero attached hydrogens (tertiary/aromatic N) is 1. The number of hydrogen-bond donors (Lipinski definition) is 3. The van der Waals surface area contributed by atoms with Crippen LogP contribution in [-0.4, -0.2) is 16.1 Å².